The van der Waals surface area contributed by atoms with Crippen LogP contribution in [0, 0.1) is 0 Å². The second-order valence-electron chi connectivity index (χ2n) is 5.77. The molecule has 0 aliphatic carbocycles. The summed E-state index contributed by atoms with van der Waals surface area (Å²) >= 11 is 6.14. The molecule has 7 heteroatoms. The van der Waals surface area contributed by atoms with Crippen LogP contribution in [0.4, 0.5) is 0 Å². The number of fused-ring (bicyclic) bond motifs is 1. The summed E-state index contributed by atoms with van der Waals surface area (Å²) in [6.07, 6.45) is 0.807. The molecule has 1 amide bonds. The fourth-order valence-corrected chi connectivity index (χ4v) is 2.75. The summed E-state index contributed by atoms with van der Waals surface area (Å²) < 4.78 is 11.0. The van der Waals surface area contributed by atoms with E-state index in [1.54, 1.807) is 6.07 Å². The molecule has 22 heavy (non-hydrogen) atoms. The Morgan fingerprint density at radius 1 is 1.41 bits per heavy atom. The first-order chi connectivity index (χ1) is 10.4. The summed E-state index contributed by atoms with van der Waals surface area (Å²) in [5.74, 6) is 1.29. The van der Waals surface area contributed by atoms with Crippen LogP contribution in [0.3, 0.4) is 0 Å². The van der Waals surface area contributed by atoms with E-state index in [0.29, 0.717) is 28.9 Å². The van der Waals surface area contributed by atoms with Crippen molar-refractivity contribution < 1.29 is 14.1 Å². The highest BCUT2D eigenvalue weighted by Crippen LogP contribution is 2.39. The largest absolute Gasteiger partial charge is 0.492 e. The fraction of sp³-hybridized carbons (Fsp3) is 0.400. The molecule has 0 spiro atoms. The van der Waals surface area contributed by atoms with Crippen LogP contribution in [0.1, 0.15) is 32.2 Å². The van der Waals surface area contributed by atoms with Crippen molar-refractivity contribution in [3.63, 3.8) is 0 Å². The summed E-state index contributed by atoms with van der Waals surface area (Å²) in [4.78, 5) is 15.7. The standard InChI is InChI=1S/C15H16ClN3O3/c1-8(20)18-15(2,3)14-17-13(22-19-14)11-7-10(16)6-9-4-5-21-12(9)11/h6-7H,4-5H2,1-3H3,(H,18,20). The maximum Gasteiger partial charge on any atom is 0.261 e. The van der Waals surface area contributed by atoms with Gasteiger partial charge in [0.1, 0.15) is 5.75 Å². The molecule has 0 bridgehead atoms. The maximum atomic E-state index is 11.3. The molecule has 0 fully saturated rings. The van der Waals surface area contributed by atoms with Crippen LogP contribution in [0.2, 0.25) is 5.02 Å². The van der Waals surface area contributed by atoms with E-state index in [2.05, 4.69) is 15.5 Å². The number of hydrogen-bond donors (Lipinski definition) is 1. The number of carbonyl (C=O) groups is 1. The number of nitrogens with one attached hydrogen (secondary N) is 1. The lowest BCUT2D eigenvalue weighted by Crippen LogP contribution is -2.40. The highest BCUT2D eigenvalue weighted by molar-refractivity contribution is 6.31. The maximum absolute atomic E-state index is 11.3. The van der Waals surface area contributed by atoms with E-state index in [0.717, 1.165) is 17.7 Å². The predicted octanol–water partition coefficient (Wildman–Crippen LogP) is 2.70. The number of nitrogens with zero attached hydrogens (tertiary/aromatic N) is 2. The molecule has 0 radical (unpaired) electrons. The second kappa shape index (κ2) is 5.28. The molecule has 6 nitrogen and oxygen atoms in total. The average molecular weight is 322 g/mol. The smallest absolute Gasteiger partial charge is 0.261 e. The van der Waals surface area contributed by atoms with Gasteiger partial charge in [0.15, 0.2) is 5.82 Å². The van der Waals surface area contributed by atoms with Crippen molar-refractivity contribution in [3.05, 3.63) is 28.5 Å². The van der Waals surface area contributed by atoms with Crippen LogP contribution >= 0.6 is 11.6 Å². The van der Waals surface area contributed by atoms with E-state index < -0.39 is 5.54 Å². The Morgan fingerprint density at radius 2 is 2.18 bits per heavy atom. The quantitative estimate of drug-likeness (QED) is 0.940. The minimum absolute atomic E-state index is 0.164. The summed E-state index contributed by atoms with van der Waals surface area (Å²) in [6.45, 7) is 5.67. The number of benzene rings is 1. The van der Waals surface area contributed by atoms with Crippen LogP contribution in [-0.4, -0.2) is 22.7 Å². The molecule has 1 aromatic heterocycles. The Morgan fingerprint density at radius 3 is 2.91 bits per heavy atom. The third kappa shape index (κ3) is 2.66. The van der Waals surface area contributed by atoms with E-state index >= 15 is 0 Å². The molecule has 0 atom stereocenters. The molecule has 3 rings (SSSR count). The molecule has 0 saturated heterocycles. The highest BCUT2D eigenvalue weighted by atomic mass is 35.5. The third-order valence-electron chi connectivity index (χ3n) is 3.45. The van der Waals surface area contributed by atoms with Gasteiger partial charge in [-0.05, 0) is 31.5 Å². The molecule has 0 saturated carbocycles. The minimum atomic E-state index is -0.726. The number of ether oxygens (including phenoxy) is 1. The van der Waals surface area contributed by atoms with E-state index in [4.69, 9.17) is 20.9 Å². The number of amides is 1. The molecule has 1 aromatic carbocycles. The summed E-state index contributed by atoms with van der Waals surface area (Å²) in [7, 11) is 0. The van der Waals surface area contributed by atoms with E-state index in [9.17, 15) is 4.79 Å². The first-order valence-corrected chi connectivity index (χ1v) is 7.33. The Balaban J connectivity index is 2.00. The lowest BCUT2D eigenvalue weighted by Gasteiger charge is -2.20. The molecule has 0 unspecified atom stereocenters. The number of aromatic nitrogens is 2. The van der Waals surface area contributed by atoms with E-state index in [1.165, 1.54) is 6.92 Å². The minimum Gasteiger partial charge on any atom is -0.492 e. The zero-order valence-electron chi connectivity index (χ0n) is 12.6. The van der Waals surface area contributed by atoms with Crippen LogP contribution in [0.5, 0.6) is 5.75 Å². The van der Waals surface area contributed by atoms with Gasteiger partial charge in [-0.3, -0.25) is 4.79 Å². The van der Waals surface area contributed by atoms with Gasteiger partial charge in [-0.1, -0.05) is 16.8 Å². The summed E-state index contributed by atoms with van der Waals surface area (Å²) in [6, 6.07) is 3.63. The predicted molar refractivity (Wildman–Crippen MR) is 80.8 cm³/mol. The molecule has 2 aromatic rings. The van der Waals surface area contributed by atoms with Gasteiger partial charge in [0, 0.05) is 18.4 Å². The summed E-state index contributed by atoms with van der Waals surface area (Å²) in [5, 5.41) is 7.35. The van der Waals surface area contributed by atoms with Crippen molar-refractivity contribution in [2.24, 2.45) is 0 Å². The molecule has 116 valence electrons. The van der Waals surface area contributed by atoms with Crippen LogP contribution < -0.4 is 10.1 Å². The average Bonchev–Trinajstić information content (AvgIpc) is 3.04. The van der Waals surface area contributed by atoms with Crippen molar-refractivity contribution in [3.8, 4) is 17.2 Å². The molecule has 2 heterocycles. The number of halogens is 1. The summed E-state index contributed by atoms with van der Waals surface area (Å²) in [5.41, 5.74) is 0.983. The Kier molecular flexibility index (Phi) is 3.56. The van der Waals surface area contributed by atoms with Gasteiger partial charge < -0.3 is 14.6 Å². The first kappa shape index (κ1) is 14.8. The normalized spacial score (nSPS) is 13.6. The van der Waals surface area contributed by atoms with E-state index in [-0.39, 0.29) is 5.91 Å². The Hall–Kier alpha value is -2.08. The highest BCUT2D eigenvalue weighted by Gasteiger charge is 2.29. The SMILES string of the molecule is CC(=O)NC(C)(C)c1noc(-c2cc(Cl)cc3c2OCC3)n1. The zero-order chi connectivity index (χ0) is 15.9. The van der Waals surface area contributed by atoms with Crippen LogP contribution in [0.15, 0.2) is 16.7 Å². The van der Waals surface area contributed by atoms with Crippen LogP contribution in [0.25, 0.3) is 11.5 Å². The number of hydrogen-bond acceptors (Lipinski definition) is 5. The van der Waals surface area contributed by atoms with Gasteiger partial charge in [-0.2, -0.15) is 4.98 Å². The topological polar surface area (TPSA) is 77.2 Å². The van der Waals surface area contributed by atoms with Gasteiger partial charge in [-0.15, -0.1) is 0 Å². The van der Waals surface area contributed by atoms with Crippen molar-refractivity contribution in [2.75, 3.05) is 6.61 Å². The van der Waals surface area contributed by atoms with Crippen molar-refractivity contribution in [2.45, 2.75) is 32.7 Å². The first-order valence-electron chi connectivity index (χ1n) is 6.95. The number of rotatable bonds is 3. The van der Waals surface area contributed by atoms with Crippen LogP contribution in [-0.2, 0) is 16.8 Å². The van der Waals surface area contributed by atoms with Gasteiger partial charge in [-0.25, -0.2) is 0 Å². The van der Waals surface area contributed by atoms with Gasteiger partial charge in [0.2, 0.25) is 5.91 Å². The molecule has 1 aliphatic heterocycles. The van der Waals surface area contributed by atoms with E-state index in [1.807, 2.05) is 19.9 Å². The molecule has 1 N–H and O–H groups in total. The zero-order valence-corrected chi connectivity index (χ0v) is 13.3. The second-order valence-corrected chi connectivity index (χ2v) is 6.21. The molecule has 1 aliphatic rings. The number of carbonyl (C=O) groups excluding carboxylic acids is 1. The molecular formula is C15H16ClN3O3. The van der Waals surface area contributed by atoms with Gasteiger partial charge in [0.25, 0.3) is 5.89 Å². The van der Waals surface area contributed by atoms with Crippen molar-refractivity contribution in [1.29, 1.82) is 0 Å². The molecular weight excluding hydrogens is 306 g/mol. The van der Waals surface area contributed by atoms with Gasteiger partial charge in [0.05, 0.1) is 17.7 Å². The third-order valence-corrected chi connectivity index (χ3v) is 3.67. The Bertz CT molecular complexity index is 740. The monoisotopic (exact) mass is 321 g/mol. The van der Waals surface area contributed by atoms with Crippen molar-refractivity contribution >= 4 is 17.5 Å². The lowest BCUT2D eigenvalue weighted by atomic mass is 10.0. The fourth-order valence-electron chi connectivity index (χ4n) is 2.51. The van der Waals surface area contributed by atoms with Crippen molar-refractivity contribution in [1.82, 2.24) is 15.5 Å². The van der Waals surface area contributed by atoms with Gasteiger partial charge >= 0.3 is 0 Å². The Labute approximate surface area is 132 Å². The lowest BCUT2D eigenvalue weighted by molar-refractivity contribution is -0.120.